The highest BCUT2D eigenvalue weighted by atomic mass is 32.1. The van der Waals surface area contributed by atoms with Crippen molar-refractivity contribution in [3.8, 4) is 38.4 Å². The largest absolute Gasteiger partial charge is 0.493 e. The van der Waals surface area contributed by atoms with Crippen LogP contribution in [0.3, 0.4) is 0 Å². The number of ether oxygens (including phenoxy) is 3. The van der Waals surface area contributed by atoms with Gasteiger partial charge in [0.05, 0.1) is 27.0 Å². The molecule has 4 N–H and O–H groups in total. The van der Waals surface area contributed by atoms with Crippen LogP contribution in [0.25, 0.3) is 21.1 Å². The minimum absolute atomic E-state index is 0.000806. The Balaban J connectivity index is 1.16. The number of nitrogens with zero attached hydrogens (tertiary/aromatic N) is 2. The molecule has 6 rings (SSSR count). The highest BCUT2D eigenvalue weighted by Gasteiger charge is 2.43. The zero-order valence-electron chi connectivity index (χ0n) is 23.2. The third-order valence-corrected chi connectivity index (χ3v) is 9.03. The van der Waals surface area contributed by atoms with Crippen LogP contribution in [-0.4, -0.2) is 37.2 Å². The molecule has 42 heavy (non-hydrogen) atoms. The van der Waals surface area contributed by atoms with Crippen LogP contribution in [0.1, 0.15) is 17.9 Å². The monoisotopic (exact) mass is 599 g/mol. The number of aromatic nitrogens is 2. The fourth-order valence-corrected chi connectivity index (χ4v) is 6.70. The van der Waals surface area contributed by atoms with Gasteiger partial charge in [0.1, 0.15) is 15.7 Å². The summed E-state index contributed by atoms with van der Waals surface area (Å²) in [6.07, 6.45) is 0.873. The Bertz CT molecular complexity index is 1710. The normalized spacial score (nSPS) is 15.6. The van der Waals surface area contributed by atoms with E-state index in [4.69, 9.17) is 24.9 Å². The second-order valence-corrected chi connectivity index (χ2v) is 11.6. The van der Waals surface area contributed by atoms with Crippen molar-refractivity contribution < 1.29 is 19.0 Å². The van der Waals surface area contributed by atoms with Gasteiger partial charge in [0.2, 0.25) is 11.7 Å². The molecular formula is C31H29N5O4S2. The van der Waals surface area contributed by atoms with Gasteiger partial charge >= 0.3 is 0 Å². The zero-order chi connectivity index (χ0) is 29.2. The van der Waals surface area contributed by atoms with Crippen molar-refractivity contribution in [1.29, 1.82) is 0 Å². The number of hydrogen-bond donors (Lipinski definition) is 3. The minimum Gasteiger partial charge on any atom is -0.493 e. The summed E-state index contributed by atoms with van der Waals surface area (Å²) < 4.78 is 16.3. The molecule has 1 amide bonds. The number of methoxy groups -OCH3 is 3. The fourth-order valence-electron chi connectivity index (χ4n) is 4.87. The Morgan fingerprint density at radius 2 is 1.69 bits per heavy atom. The number of thiazole rings is 2. The van der Waals surface area contributed by atoms with E-state index in [-0.39, 0.29) is 17.7 Å². The van der Waals surface area contributed by atoms with Crippen molar-refractivity contribution in [2.24, 2.45) is 5.92 Å². The van der Waals surface area contributed by atoms with Gasteiger partial charge in [-0.05, 0) is 30.0 Å². The molecule has 1 aliphatic carbocycles. The number of carbonyl (C=O) groups is 1. The molecule has 2 aromatic heterocycles. The van der Waals surface area contributed by atoms with Crippen molar-refractivity contribution >= 4 is 50.9 Å². The molecule has 0 aliphatic heterocycles. The quantitative estimate of drug-likeness (QED) is 0.157. The van der Waals surface area contributed by atoms with Crippen LogP contribution in [-0.2, 0) is 4.79 Å². The summed E-state index contributed by atoms with van der Waals surface area (Å²) >= 11 is 2.89. The van der Waals surface area contributed by atoms with Crippen molar-refractivity contribution in [3.63, 3.8) is 0 Å². The van der Waals surface area contributed by atoms with E-state index in [1.165, 1.54) is 28.2 Å². The van der Waals surface area contributed by atoms with Gasteiger partial charge in [-0.1, -0.05) is 53.8 Å². The molecule has 1 fully saturated rings. The lowest BCUT2D eigenvalue weighted by Gasteiger charge is -2.14. The molecule has 2 heterocycles. The second-order valence-electron chi connectivity index (χ2n) is 9.74. The summed E-state index contributed by atoms with van der Waals surface area (Å²) in [6, 6.07) is 21.5. The molecule has 0 saturated heterocycles. The third-order valence-electron chi connectivity index (χ3n) is 7.05. The van der Waals surface area contributed by atoms with Gasteiger partial charge in [-0.15, -0.1) is 11.3 Å². The Hall–Kier alpha value is -4.61. The highest BCUT2D eigenvalue weighted by Crippen LogP contribution is 2.48. The lowest BCUT2D eigenvalue weighted by molar-refractivity contribution is -0.117. The molecule has 9 nitrogen and oxygen atoms in total. The van der Waals surface area contributed by atoms with Gasteiger partial charge < -0.3 is 30.6 Å². The summed E-state index contributed by atoms with van der Waals surface area (Å²) in [7, 11) is 4.70. The van der Waals surface area contributed by atoms with E-state index < -0.39 is 0 Å². The first-order chi connectivity index (χ1) is 20.5. The summed E-state index contributed by atoms with van der Waals surface area (Å²) in [5, 5.41) is 9.71. The predicted octanol–water partition coefficient (Wildman–Crippen LogP) is 7.03. The van der Waals surface area contributed by atoms with Crippen LogP contribution >= 0.6 is 22.7 Å². The Kier molecular flexibility index (Phi) is 7.68. The number of anilines is 4. The lowest BCUT2D eigenvalue weighted by atomic mass is 10.1. The average molecular weight is 600 g/mol. The Labute approximate surface area is 251 Å². The number of amides is 1. The molecule has 3 aromatic carbocycles. The molecule has 2 atom stereocenters. The van der Waals surface area contributed by atoms with Crippen molar-refractivity contribution in [2.45, 2.75) is 12.3 Å². The van der Waals surface area contributed by atoms with Crippen LogP contribution in [0.4, 0.5) is 22.3 Å². The fraction of sp³-hybridized carbons (Fsp3) is 0.194. The Morgan fingerprint density at radius 1 is 0.929 bits per heavy atom. The number of nitrogen functional groups attached to an aromatic ring is 1. The standard InChI is InChI=1S/C31H29N5O4S2/c1-38-24-13-20(14-25(39-2)26(24)40-3)34-31-36-28(32)27(42-31)30-35-23(16-41-30)18-10-7-11-19(12-18)33-29(37)22-15-21(22)17-8-5-4-6-9-17/h4-14,16,21-22H,15,32H2,1-3H3,(H,33,37)(H,34,36)/t21-,22+/m0/s1. The van der Waals surface area contributed by atoms with Crippen LogP contribution in [0.15, 0.2) is 72.1 Å². The molecule has 214 valence electrons. The minimum atomic E-state index is -0.000806. The van der Waals surface area contributed by atoms with E-state index in [9.17, 15) is 4.79 Å². The van der Waals surface area contributed by atoms with E-state index in [1.807, 2.05) is 47.8 Å². The van der Waals surface area contributed by atoms with Gasteiger partial charge in [0.25, 0.3) is 0 Å². The first-order valence-corrected chi connectivity index (χ1v) is 14.9. The highest BCUT2D eigenvalue weighted by molar-refractivity contribution is 7.23. The zero-order valence-corrected chi connectivity index (χ0v) is 24.8. The van der Waals surface area contributed by atoms with Gasteiger partial charge in [0, 0.05) is 40.4 Å². The van der Waals surface area contributed by atoms with Gasteiger partial charge in [-0.25, -0.2) is 9.97 Å². The molecule has 0 bridgehead atoms. The molecule has 0 spiro atoms. The second kappa shape index (κ2) is 11.7. The summed E-state index contributed by atoms with van der Waals surface area (Å²) in [4.78, 5) is 23.0. The number of hydrogen-bond acceptors (Lipinski definition) is 10. The van der Waals surface area contributed by atoms with E-state index in [1.54, 1.807) is 33.5 Å². The maximum atomic E-state index is 12.9. The molecular weight excluding hydrogens is 571 g/mol. The molecule has 0 unspecified atom stereocenters. The number of rotatable bonds is 10. The molecule has 1 saturated carbocycles. The maximum Gasteiger partial charge on any atom is 0.228 e. The number of benzene rings is 3. The predicted molar refractivity (Wildman–Crippen MR) is 168 cm³/mol. The molecule has 5 aromatic rings. The van der Waals surface area contributed by atoms with E-state index >= 15 is 0 Å². The Morgan fingerprint density at radius 3 is 2.40 bits per heavy atom. The summed E-state index contributed by atoms with van der Waals surface area (Å²) in [6.45, 7) is 0. The summed E-state index contributed by atoms with van der Waals surface area (Å²) in [5.74, 6) is 2.28. The topological polar surface area (TPSA) is 121 Å². The van der Waals surface area contributed by atoms with Crippen molar-refractivity contribution in [1.82, 2.24) is 9.97 Å². The SMILES string of the molecule is COc1cc(Nc2nc(N)c(-c3nc(-c4cccc(NC(=O)[C@@H]5C[C@H]5c5ccccc5)c4)cs3)s2)cc(OC)c1OC. The summed E-state index contributed by atoms with van der Waals surface area (Å²) in [5.41, 5.74) is 10.7. The van der Waals surface area contributed by atoms with Gasteiger partial charge in [-0.2, -0.15) is 0 Å². The number of carbonyl (C=O) groups excluding carboxylic acids is 1. The van der Waals surface area contributed by atoms with Crippen LogP contribution in [0, 0.1) is 5.92 Å². The van der Waals surface area contributed by atoms with Crippen LogP contribution in [0.2, 0.25) is 0 Å². The van der Waals surface area contributed by atoms with Crippen molar-refractivity contribution in [2.75, 3.05) is 37.7 Å². The first-order valence-electron chi connectivity index (χ1n) is 13.2. The maximum absolute atomic E-state index is 12.9. The first kappa shape index (κ1) is 27.6. The molecule has 1 aliphatic rings. The smallest absolute Gasteiger partial charge is 0.228 e. The number of nitrogens with one attached hydrogen (secondary N) is 2. The van der Waals surface area contributed by atoms with Gasteiger partial charge in [-0.3, -0.25) is 4.79 Å². The van der Waals surface area contributed by atoms with E-state index in [0.717, 1.165) is 33.3 Å². The number of nitrogens with two attached hydrogens (primary N) is 1. The van der Waals surface area contributed by atoms with Crippen LogP contribution in [0.5, 0.6) is 17.2 Å². The van der Waals surface area contributed by atoms with Crippen LogP contribution < -0.4 is 30.6 Å². The molecule has 11 heteroatoms. The van der Waals surface area contributed by atoms with E-state index in [0.29, 0.717) is 33.9 Å². The average Bonchev–Trinajstić information content (AvgIpc) is 3.53. The lowest BCUT2D eigenvalue weighted by Crippen LogP contribution is -2.14. The van der Waals surface area contributed by atoms with E-state index in [2.05, 4.69) is 27.8 Å². The molecule has 0 radical (unpaired) electrons. The third kappa shape index (κ3) is 5.61. The van der Waals surface area contributed by atoms with Crippen molar-refractivity contribution in [3.05, 3.63) is 77.7 Å². The van der Waals surface area contributed by atoms with Gasteiger partial charge in [0.15, 0.2) is 16.6 Å².